The number of imidazole rings is 1. The van der Waals surface area contributed by atoms with E-state index in [0.717, 1.165) is 87.7 Å². The first-order chi connectivity index (χ1) is 20.1. The molecule has 4 atom stereocenters. The summed E-state index contributed by atoms with van der Waals surface area (Å²) < 4.78 is 0. The molecule has 1 aliphatic heterocycles. The molecule has 2 heterocycles. The van der Waals surface area contributed by atoms with Gasteiger partial charge in [-0.2, -0.15) is 0 Å². The largest absolute Gasteiger partial charge is 0.341 e. The van der Waals surface area contributed by atoms with E-state index in [-0.39, 0.29) is 17.9 Å². The monoisotopic (exact) mass is 549 g/mol. The highest BCUT2D eigenvalue weighted by Crippen LogP contribution is 2.59. The van der Waals surface area contributed by atoms with Gasteiger partial charge in [-0.05, 0) is 128 Å². The molecule has 3 fully saturated rings. The second kappa shape index (κ2) is 10.8. The zero-order valence-corrected chi connectivity index (χ0v) is 24.4. The van der Waals surface area contributed by atoms with Crippen molar-refractivity contribution < 1.29 is 4.79 Å². The van der Waals surface area contributed by atoms with E-state index in [1.165, 1.54) is 31.1 Å². The first-order valence-corrected chi connectivity index (χ1v) is 16.0. The number of aromatic amines is 1. The molecule has 0 radical (unpaired) electrons. The number of amides is 1. The minimum Gasteiger partial charge on any atom is -0.341 e. The van der Waals surface area contributed by atoms with Gasteiger partial charge < -0.3 is 20.7 Å². The van der Waals surface area contributed by atoms with Gasteiger partial charge in [0.25, 0.3) is 0 Å². The van der Waals surface area contributed by atoms with E-state index in [1.807, 2.05) is 18.0 Å². The molecule has 1 saturated heterocycles. The lowest BCUT2D eigenvalue weighted by molar-refractivity contribution is -0.131. The van der Waals surface area contributed by atoms with Crippen LogP contribution in [0.2, 0.25) is 0 Å². The summed E-state index contributed by atoms with van der Waals surface area (Å²) in [5.74, 6) is 2.87. The molecular weight excluding hydrogens is 506 g/mol. The smallest absolute Gasteiger partial charge is 0.222 e. The van der Waals surface area contributed by atoms with Crippen LogP contribution in [0.3, 0.4) is 0 Å². The van der Waals surface area contributed by atoms with Crippen LogP contribution in [0.1, 0.15) is 108 Å². The number of fused-ring (bicyclic) bond motifs is 5. The summed E-state index contributed by atoms with van der Waals surface area (Å²) in [5.41, 5.74) is 12.7. The molecule has 7 rings (SSSR count). The molecule has 6 heteroatoms. The number of carbonyl (C=O) groups excluding carboxylic acids is 1. The summed E-state index contributed by atoms with van der Waals surface area (Å²) in [5, 5.41) is 15.6. The van der Waals surface area contributed by atoms with Crippen LogP contribution in [-0.4, -0.2) is 39.2 Å². The van der Waals surface area contributed by atoms with Crippen LogP contribution < -0.4 is 0 Å². The first-order valence-electron chi connectivity index (χ1n) is 16.0. The minimum atomic E-state index is 0.0891. The standard InChI is InChI=1S/C35H43N5O/c1-2-32(41)40-17-3-4-31(40)35-38-20-30(39-35)24-11-7-22(8-12-24)28-16-15-27(33-25-13-14-26(18-25)34(28)33)21-5-9-23(10-6-21)29(37)19-36/h5,7,11,19-20,23,25-26,31,36-37H,2-4,6,8-10,12-18H2,1H3,(H,38,39). The Morgan fingerprint density at radius 1 is 1.00 bits per heavy atom. The maximum absolute atomic E-state index is 12.4. The van der Waals surface area contributed by atoms with Crippen LogP contribution in [-0.2, 0) is 4.79 Å². The third-order valence-electron chi connectivity index (χ3n) is 10.9. The van der Waals surface area contributed by atoms with E-state index >= 15 is 0 Å². The van der Waals surface area contributed by atoms with Gasteiger partial charge in [-0.1, -0.05) is 25.2 Å². The molecule has 2 saturated carbocycles. The van der Waals surface area contributed by atoms with Crippen molar-refractivity contribution in [3.05, 3.63) is 69.4 Å². The van der Waals surface area contributed by atoms with E-state index in [2.05, 4.69) is 23.2 Å². The van der Waals surface area contributed by atoms with Gasteiger partial charge in [-0.15, -0.1) is 0 Å². The van der Waals surface area contributed by atoms with Gasteiger partial charge in [0.1, 0.15) is 5.82 Å². The molecule has 5 aliphatic carbocycles. The fraction of sp³-hybridized carbons (Fsp3) is 0.543. The van der Waals surface area contributed by atoms with Crippen LogP contribution in [0.4, 0.5) is 0 Å². The molecule has 6 aliphatic rings. The maximum Gasteiger partial charge on any atom is 0.222 e. The van der Waals surface area contributed by atoms with Gasteiger partial charge in [0.15, 0.2) is 0 Å². The number of nitrogens with zero attached hydrogens (tertiary/aromatic N) is 2. The Hall–Kier alpha value is -3.28. The number of carbonyl (C=O) groups is 1. The molecule has 1 amide bonds. The summed E-state index contributed by atoms with van der Waals surface area (Å²) in [6.07, 6.45) is 24.4. The Bertz CT molecular complexity index is 1450. The number of hydrogen-bond acceptors (Lipinski definition) is 4. The summed E-state index contributed by atoms with van der Waals surface area (Å²) in [6.45, 7) is 2.78. The predicted molar refractivity (Wildman–Crippen MR) is 164 cm³/mol. The van der Waals surface area contributed by atoms with E-state index in [4.69, 9.17) is 15.8 Å². The van der Waals surface area contributed by atoms with Gasteiger partial charge in [-0.25, -0.2) is 4.98 Å². The summed E-state index contributed by atoms with van der Waals surface area (Å²) >= 11 is 0. The van der Waals surface area contributed by atoms with Gasteiger partial charge in [-0.3, -0.25) is 4.79 Å². The van der Waals surface area contributed by atoms with Crippen LogP contribution in [0.5, 0.6) is 0 Å². The van der Waals surface area contributed by atoms with Gasteiger partial charge in [0.2, 0.25) is 5.91 Å². The molecule has 0 spiro atoms. The number of aromatic nitrogens is 2. The van der Waals surface area contributed by atoms with Crippen molar-refractivity contribution in [3.63, 3.8) is 0 Å². The van der Waals surface area contributed by atoms with Crippen molar-refractivity contribution in [2.24, 2.45) is 17.8 Å². The van der Waals surface area contributed by atoms with E-state index < -0.39 is 0 Å². The Labute approximate surface area is 243 Å². The minimum absolute atomic E-state index is 0.0891. The van der Waals surface area contributed by atoms with Crippen molar-refractivity contribution in [1.29, 1.82) is 10.8 Å². The maximum atomic E-state index is 12.4. The number of nitrogens with one attached hydrogen (secondary N) is 3. The van der Waals surface area contributed by atoms with Gasteiger partial charge in [0, 0.05) is 25.1 Å². The SMILES string of the molecule is CCC(=O)N1CCCC1c1ncc(C2=CC=C(C3=C4C(=C(C5=CCC(C(=N)C=N)CC5)CC3)C3CCC4C3)CC2)[nH]1. The average molecular weight is 550 g/mol. The predicted octanol–water partition coefficient (Wildman–Crippen LogP) is 7.80. The highest BCUT2D eigenvalue weighted by Gasteiger charge is 2.44. The number of likely N-dealkylation sites (tertiary alicyclic amines) is 1. The third-order valence-corrected chi connectivity index (χ3v) is 10.9. The van der Waals surface area contributed by atoms with Gasteiger partial charge >= 0.3 is 0 Å². The lowest BCUT2D eigenvalue weighted by Crippen LogP contribution is -2.30. The Balaban J connectivity index is 1.14. The van der Waals surface area contributed by atoms with Crippen molar-refractivity contribution in [2.75, 3.05) is 6.54 Å². The molecule has 41 heavy (non-hydrogen) atoms. The van der Waals surface area contributed by atoms with Crippen molar-refractivity contribution in [2.45, 2.75) is 96.4 Å². The Morgan fingerprint density at radius 2 is 1.73 bits per heavy atom. The molecule has 0 aromatic carbocycles. The fourth-order valence-electron chi connectivity index (χ4n) is 8.79. The van der Waals surface area contributed by atoms with Crippen molar-refractivity contribution in [3.8, 4) is 0 Å². The van der Waals surface area contributed by atoms with Crippen LogP contribution >= 0.6 is 0 Å². The second-order valence-corrected chi connectivity index (χ2v) is 13.0. The summed E-state index contributed by atoms with van der Waals surface area (Å²) in [4.78, 5) is 22.7. The van der Waals surface area contributed by atoms with E-state index in [0.29, 0.717) is 12.1 Å². The number of allylic oxidation sites excluding steroid dienone is 10. The number of hydrogen-bond donors (Lipinski definition) is 3. The van der Waals surface area contributed by atoms with Crippen molar-refractivity contribution in [1.82, 2.24) is 14.9 Å². The number of rotatable bonds is 7. The van der Waals surface area contributed by atoms with Crippen LogP contribution in [0.25, 0.3) is 5.57 Å². The lowest BCUT2D eigenvalue weighted by atomic mass is 9.71. The van der Waals surface area contributed by atoms with E-state index in [9.17, 15) is 4.79 Å². The third kappa shape index (κ3) is 4.64. The van der Waals surface area contributed by atoms with Crippen molar-refractivity contribution >= 4 is 23.4 Å². The molecule has 1 aromatic rings. The average Bonchev–Trinajstić information content (AvgIpc) is 3.84. The lowest BCUT2D eigenvalue weighted by Gasteiger charge is -2.34. The molecular formula is C35H43N5O. The van der Waals surface area contributed by atoms with Crippen LogP contribution in [0, 0.1) is 28.6 Å². The van der Waals surface area contributed by atoms with Crippen LogP contribution in [0.15, 0.2) is 57.9 Å². The zero-order valence-electron chi connectivity index (χ0n) is 24.4. The first kappa shape index (κ1) is 26.6. The quantitative estimate of drug-likeness (QED) is 0.303. The molecule has 4 unspecified atom stereocenters. The molecule has 2 bridgehead atoms. The number of H-pyrrole nitrogens is 1. The molecule has 1 aromatic heterocycles. The molecule has 3 N–H and O–H groups in total. The van der Waals surface area contributed by atoms with Gasteiger partial charge in [0.05, 0.1) is 23.6 Å². The fourth-order valence-corrected chi connectivity index (χ4v) is 8.79. The highest BCUT2D eigenvalue weighted by atomic mass is 16.2. The second-order valence-electron chi connectivity index (χ2n) is 13.0. The Kier molecular flexibility index (Phi) is 7.04. The molecule has 214 valence electrons. The normalized spacial score (nSPS) is 29.4. The highest BCUT2D eigenvalue weighted by molar-refractivity contribution is 6.28. The summed E-state index contributed by atoms with van der Waals surface area (Å²) in [6, 6.07) is 0.0891. The van der Waals surface area contributed by atoms with E-state index in [1.54, 1.807) is 33.4 Å². The topological polar surface area (TPSA) is 96.7 Å². The summed E-state index contributed by atoms with van der Waals surface area (Å²) in [7, 11) is 0. The Morgan fingerprint density at radius 3 is 2.39 bits per heavy atom. The molecule has 6 nitrogen and oxygen atoms in total. The zero-order chi connectivity index (χ0) is 28.1.